The Bertz CT molecular complexity index is 396. The van der Waals surface area contributed by atoms with Crippen LogP contribution in [0.3, 0.4) is 0 Å². The zero-order valence-corrected chi connectivity index (χ0v) is 11.8. The number of hydrogen-bond acceptors (Lipinski definition) is 4. The van der Waals surface area contributed by atoms with Gasteiger partial charge in [0.25, 0.3) is 0 Å². The summed E-state index contributed by atoms with van der Waals surface area (Å²) in [4.78, 5) is 0.672. The first kappa shape index (κ1) is 15.0. The van der Waals surface area contributed by atoms with Gasteiger partial charge >= 0.3 is 0 Å². The molecule has 1 unspecified atom stereocenters. The predicted octanol–water partition coefficient (Wildman–Crippen LogP) is 2.20. The highest BCUT2D eigenvalue weighted by atomic mass is 32.2. The maximum atomic E-state index is 12.1. The standard InChI is InChI=1S/C13H21NO3S/c1-3-4-7-17-8-9-18(15)13-6-5-11(14)10-12(13)16-2/h5-6,10H,3-4,7-9,14H2,1-2H3. The Kier molecular flexibility index (Phi) is 6.75. The van der Waals surface area contributed by atoms with Crippen molar-refractivity contribution in [3.05, 3.63) is 18.2 Å². The molecule has 0 saturated carbocycles. The largest absolute Gasteiger partial charge is 0.495 e. The van der Waals surface area contributed by atoms with Crippen molar-refractivity contribution < 1.29 is 13.7 Å². The summed E-state index contributed by atoms with van der Waals surface area (Å²) in [5, 5.41) is 0. The fraction of sp³-hybridized carbons (Fsp3) is 0.538. The van der Waals surface area contributed by atoms with Crippen molar-refractivity contribution in [1.82, 2.24) is 0 Å². The van der Waals surface area contributed by atoms with E-state index in [1.165, 1.54) is 0 Å². The average molecular weight is 271 g/mol. The van der Waals surface area contributed by atoms with Gasteiger partial charge in [-0.3, -0.25) is 4.21 Å². The fourth-order valence-corrected chi connectivity index (χ4v) is 2.54. The highest BCUT2D eigenvalue weighted by Crippen LogP contribution is 2.24. The number of hydrogen-bond donors (Lipinski definition) is 1. The molecular weight excluding hydrogens is 250 g/mol. The molecular formula is C13H21NO3S. The summed E-state index contributed by atoms with van der Waals surface area (Å²) in [7, 11) is 0.435. The Hall–Kier alpha value is -1.07. The van der Waals surface area contributed by atoms with Gasteiger partial charge in [-0.15, -0.1) is 0 Å². The van der Waals surface area contributed by atoms with E-state index in [2.05, 4.69) is 6.92 Å². The predicted molar refractivity (Wildman–Crippen MR) is 74.4 cm³/mol. The minimum Gasteiger partial charge on any atom is -0.495 e. The first-order valence-electron chi connectivity index (χ1n) is 6.08. The van der Waals surface area contributed by atoms with Crippen molar-refractivity contribution in [1.29, 1.82) is 0 Å². The summed E-state index contributed by atoms with van der Waals surface area (Å²) in [5.74, 6) is 1.05. The molecule has 0 bridgehead atoms. The number of nitrogen functional groups attached to an aromatic ring is 1. The molecule has 0 aliphatic heterocycles. The second-order valence-corrected chi connectivity index (χ2v) is 5.46. The van der Waals surface area contributed by atoms with Gasteiger partial charge < -0.3 is 15.2 Å². The second-order valence-electron chi connectivity index (χ2n) is 3.93. The lowest BCUT2D eigenvalue weighted by Gasteiger charge is -2.09. The SMILES string of the molecule is CCCCOCCS(=O)c1ccc(N)cc1OC. The van der Waals surface area contributed by atoms with Crippen LogP contribution in [0.15, 0.2) is 23.1 Å². The molecule has 1 atom stereocenters. The van der Waals surface area contributed by atoms with Crippen LogP contribution in [0.25, 0.3) is 0 Å². The van der Waals surface area contributed by atoms with E-state index in [0.717, 1.165) is 19.4 Å². The van der Waals surface area contributed by atoms with Crippen molar-refractivity contribution in [2.75, 3.05) is 31.8 Å². The second kappa shape index (κ2) is 8.11. The summed E-state index contributed by atoms with van der Waals surface area (Å²) in [6.07, 6.45) is 2.15. The van der Waals surface area contributed by atoms with Crippen molar-refractivity contribution in [3.63, 3.8) is 0 Å². The van der Waals surface area contributed by atoms with Crippen molar-refractivity contribution in [2.45, 2.75) is 24.7 Å². The number of benzene rings is 1. The van der Waals surface area contributed by atoms with Gasteiger partial charge in [0.1, 0.15) is 5.75 Å². The van der Waals surface area contributed by atoms with E-state index in [4.69, 9.17) is 15.2 Å². The summed E-state index contributed by atoms with van der Waals surface area (Å²) < 4.78 is 22.7. The fourth-order valence-electron chi connectivity index (χ4n) is 1.47. The summed E-state index contributed by atoms with van der Waals surface area (Å²) in [6, 6.07) is 5.16. The van der Waals surface area contributed by atoms with E-state index in [-0.39, 0.29) is 0 Å². The van der Waals surface area contributed by atoms with Gasteiger partial charge in [0.15, 0.2) is 0 Å². The van der Waals surface area contributed by atoms with E-state index < -0.39 is 10.8 Å². The summed E-state index contributed by atoms with van der Waals surface area (Å²) in [5.41, 5.74) is 6.26. The molecule has 0 spiro atoms. The lowest BCUT2D eigenvalue weighted by molar-refractivity contribution is 0.146. The van der Waals surface area contributed by atoms with E-state index in [0.29, 0.717) is 28.7 Å². The molecule has 2 N–H and O–H groups in total. The van der Waals surface area contributed by atoms with Crippen LogP contribution < -0.4 is 10.5 Å². The van der Waals surface area contributed by atoms with Crippen LogP contribution in [0.5, 0.6) is 5.75 Å². The van der Waals surface area contributed by atoms with E-state index in [9.17, 15) is 4.21 Å². The molecule has 0 radical (unpaired) electrons. The Morgan fingerprint density at radius 2 is 2.11 bits per heavy atom. The number of unbranched alkanes of at least 4 members (excludes halogenated alkanes) is 1. The molecule has 0 amide bonds. The third-order valence-electron chi connectivity index (χ3n) is 2.49. The van der Waals surface area contributed by atoms with Crippen LogP contribution in [0.1, 0.15) is 19.8 Å². The number of methoxy groups -OCH3 is 1. The highest BCUT2D eigenvalue weighted by Gasteiger charge is 2.10. The third kappa shape index (κ3) is 4.66. The van der Waals surface area contributed by atoms with Gasteiger partial charge in [0.05, 0.1) is 35.2 Å². The van der Waals surface area contributed by atoms with Gasteiger partial charge in [-0.1, -0.05) is 13.3 Å². The average Bonchev–Trinajstić information content (AvgIpc) is 2.38. The Labute approximate surface area is 111 Å². The molecule has 18 heavy (non-hydrogen) atoms. The maximum Gasteiger partial charge on any atom is 0.137 e. The first-order chi connectivity index (χ1) is 8.69. The molecule has 1 rings (SSSR count). The van der Waals surface area contributed by atoms with Crippen molar-refractivity contribution >= 4 is 16.5 Å². The molecule has 1 aromatic carbocycles. The Balaban J connectivity index is 2.51. The molecule has 1 aromatic rings. The highest BCUT2D eigenvalue weighted by molar-refractivity contribution is 7.85. The van der Waals surface area contributed by atoms with Crippen LogP contribution in [0, 0.1) is 0 Å². The smallest absolute Gasteiger partial charge is 0.137 e. The normalized spacial score (nSPS) is 12.3. The molecule has 0 aromatic heterocycles. The van der Waals surface area contributed by atoms with Gasteiger partial charge in [-0.05, 0) is 18.6 Å². The summed E-state index contributed by atoms with van der Waals surface area (Å²) >= 11 is 0. The lowest BCUT2D eigenvalue weighted by atomic mass is 10.3. The van der Waals surface area contributed by atoms with Gasteiger partial charge in [0, 0.05) is 18.4 Å². The van der Waals surface area contributed by atoms with Gasteiger partial charge in [-0.2, -0.15) is 0 Å². The van der Waals surface area contributed by atoms with Crippen molar-refractivity contribution in [3.8, 4) is 5.75 Å². The number of ether oxygens (including phenoxy) is 2. The first-order valence-corrected chi connectivity index (χ1v) is 7.40. The monoisotopic (exact) mass is 271 g/mol. The molecule has 0 fully saturated rings. The van der Waals surface area contributed by atoms with Crippen LogP contribution in [-0.4, -0.2) is 30.3 Å². The lowest BCUT2D eigenvalue weighted by Crippen LogP contribution is -2.08. The third-order valence-corrected chi connectivity index (χ3v) is 3.85. The molecule has 0 aliphatic carbocycles. The zero-order chi connectivity index (χ0) is 13.4. The topological polar surface area (TPSA) is 61.5 Å². The molecule has 0 heterocycles. The van der Waals surface area contributed by atoms with E-state index >= 15 is 0 Å². The molecule has 102 valence electrons. The summed E-state index contributed by atoms with van der Waals surface area (Å²) in [6.45, 7) is 3.34. The minimum atomic E-state index is -1.11. The minimum absolute atomic E-state index is 0.476. The maximum absolute atomic E-state index is 12.1. The molecule has 5 heteroatoms. The molecule has 0 saturated heterocycles. The quantitative estimate of drug-likeness (QED) is 0.581. The number of anilines is 1. The van der Waals surface area contributed by atoms with Crippen molar-refractivity contribution in [2.24, 2.45) is 0 Å². The zero-order valence-electron chi connectivity index (χ0n) is 11.0. The van der Waals surface area contributed by atoms with Crippen LogP contribution in [0.4, 0.5) is 5.69 Å². The van der Waals surface area contributed by atoms with Crippen LogP contribution in [-0.2, 0) is 15.5 Å². The molecule has 4 nitrogen and oxygen atoms in total. The Morgan fingerprint density at radius 3 is 2.78 bits per heavy atom. The van der Waals surface area contributed by atoms with E-state index in [1.807, 2.05) is 0 Å². The Morgan fingerprint density at radius 1 is 1.33 bits per heavy atom. The number of rotatable bonds is 8. The van der Waals surface area contributed by atoms with Gasteiger partial charge in [0.2, 0.25) is 0 Å². The van der Waals surface area contributed by atoms with Crippen LogP contribution in [0.2, 0.25) is 0 Å². The van der Waals surface area contributed by atoms with E-state index in [1.54, 1.807) is 25.3 Å². The molecule has 0 aliphatic rings. The number of nitrogens with two attached hydrogens (primary N) is 1. The van der Waals surface area contributed by atoms with Gasteiger partial charge in [-0.25, -0.2) is 0 Å². The van der Waals surface area contributed by atoms with Crippen LogP contribution >= 0.6 is 0 Å².